The van der Waals surface area contributed by atoms with Crippen molar-refractivity contribution in [3.63, 3.8) is 0 Å². The van der Waals surface area contributed by atoms with Crippen LogP contribution in [0.1, 0.15) is 40.0 Å². The molecular weight excluding hydrogens is 212 g/mol. The van der Waals surface area contributed by atoms with E-state index in [4.69, 9.17) is 4.74 Å². The van der Waals surface area contributed by atoms with E-state index in [2.05, 4.69) is 31.0 Å². The summed E-state index contributed by atoms with van der Waals surface area (Å²) in [6.07, 6.45) is 3.87. The van der Waals surface area contributed by atoms with Crippen LogP contribution in [0.15, 0.2) is 0 Å². The van der Waals surface area contributed by atoms with Crippen LogP contribution in [0, 0.1) is 5.92 Å². The Morgan fingerprint density at radius 1 is 1.41 bits per heavy atom. The Balaban J connectivity index is 2.37. The van der Waals surface area contributed by atoms with Crippen molar-refractivity contribution in [3.05, 3.63) is 0 Å². The molecule has 1 aliphatic heterocycles. The summed E-state index contributed by atoms with van der Waals surface area (Å²) >= 11 is 0. The zero-order valence-electron chi connectivity index (χ0n) is 12.0. The van der Waals surface area contributed by atoms with Gasteiger partial charge in [0, 0.05) is 32.3 Å². The summed E-state index contributed by atoms with van der Waals surface area (Å²) in [4.78, 5) is 2.64. The first-order chi connectivity index (χ1) is 8.19. The lowest BCUT2D eigenvalue weighted by molar-refractivity contribution is 0.0897. The molecule has 1 fully saturated rings. The largest absolute Gasteiger partial charge is 0.385 e. The van der Waals surface area contributed by atoms with E-state index in [0.29, 0.717) is 12.1 Å². The van der Waals surface area contributed by atoms with Crippen LogP contribution in [-0.2, 0) is 4.74 Å². The fourth-order valence-electron chi connectivity index (χ4n) is 2.81. The fraction of sp³-hybridized carbons (Fsp3) is 1.00. The molecule has 3 heteroatoms. The van der Waals surface area contributed by atoms with E-state index in [9.17, 15) is 0 Å². The molecule has 0 amide bonds. The maximum absolute atomic E-state index is 5.18. The summed E-state index contributed by atoms with van der Waals surface area (Å²) in [5, 5.41) is 3.57. The van der Waals surface area contributed by atoms with E-state index in [-0.39, 0.29) is 0 Å². The number of hydrogen-bond acceptors (Lipinski definition) is 3. The molecule has 0 aromatic heterocycles. The van der Waals surface area contributed by atoms with Gasteiger partial charge in [-0.2, -0.15) is 0 Å². The van der Waals surface area contributed by atoms with Crippen LogP contribution < -0.4 is 5.32 Å². The second-order valence-corrected chi connectivity index (χ2v) is 5.37. The molecule has 1 saturated heterocycles. The lowest BCUT2D eigenvalue weighted by Gasteiger charge is -2.39. The van der Waals surface area contributed by atoms with Gasteiger partial charge in [0.2, 0.25) is 0 Å². The second kappa shape index (κ2) is 8.06. The minimum Gasteiger partial charge on any atom is -0.385 e. The fourth-order valence-corrected chi connectivity index (χ4v) is 2.81. The van der Waals surface area contributed by atoms with E-state index < -0.39 is 0 Å². The molecule has 0 aliphatic carbocycles. The molecule has 0 aromatic rings. The average molecular weight is 242 g/mol. The van der Waals surface area contributed by atoms with E-state index in [1.165, 1.54) is 25.9 Å². The van der Waals surface area contributed by atoms with Gasteiger partial charge < -0.3 is 15.0 Å². The maximum Gasteiger partial charge on any atom is 0.0477 e. The van der Waals surface area contributed by atoms with Crippen molar-refractivity contribution in [1.82, 2.24) is 10.2 Å². The van der Waals surface area contributed by atoms with Gasteiger partial charge in [0.15, 0.2) is 0 Å². The normalized spacial score (nSPS) is 25.8. The molecule has 0 spiro atoms. The van der Waals surface area contributed by atoms with Crippen molar-refractivity contribution < 1.29 is 4.74 Å². The van der Waals surface area contributed by atoms with Crippen LogP contribution in [-0.4, -0.2) is 50.3 Å². The third kappa shape index (κ3) is 4.94. The Morgan fingerprint density at radius 2 is 2.18 bits per heavy atom. The van der Waals surface area contributed by atoms with Crippen molar-refractivity contribution in [1.29, 1.82) is 0 Å². The Hall–Kier alpha value is -0.120. The number of hydrogen-bond donors (Lipinski definition) is 1. The maximum atomic E-state index is 5.18. The highest BCUT2D eigenvalue weighted by Gasteiger charge is 2.26. The number of piperidine rings is 1. The minimum atomic E-state index is 0.650. The van der Waals surface area contributed by atoms with Gasteiger partial charge in [0.1, 0.15) is 0 Å². The molecule has 3 atom stereocenters. The van der Waals surface area contributed by atoms with Crippen molar-refractivity contribution in [2.45, 2.75) is 52.1 Å². The average Bonchev–Trinajstić information content (AvgIpc) is 2.36. The van der Waals surface area contributed by atoms with Crippen LogP contribution in [0.2, 0.25) is 0 Å². The number of ether oxygens (including phenoxy) is 1. The van der Waals surface area contributed by atoms with E-state index in [0.717, 1.165) is 25.5 Å². The highest BCUT2D eigenvalue weighted by molar-refractivity contribution is 4.82. The monoisotopic (exact) mass is 242 g/mol. The van der Waals surface area contributed by atoms with Crippen molar-refractivity contribution in [3.8, 4) is 0 Å². The lowest BCUT2D eigenvalue weighted by atomic mass is 9.90. The Labute approximate surface area is 107 Å². The highest BCUT2D eigenvalue weighted by atomic mass is 16.5. The molecule has 1 N–H and O–H groups in total. The van der Waals surface area contributed by atoms with Crippen LogP contribution in [0.25, 0.3) is 0 Å². The predicted molar refractivity (Wildman–Crippen MR) is 73.4 cm³/mol. The minimum absolute atomic E-state index is 0.650. The number of rotatable bonds is 7. The summed E-state index contributed by atoms with van der Waals surface area (Å²) in [7, 11) is 1.79. The molecule has 0 bridgehead atoms. The molecule has 0 aromatic carbocycles. The SMILES string of the molecule is CCNC(C)C1CCCN(C(C)CCOC)C1. The third-order valence-corrected chi connectivity index (χ3v) is 4.09. The Kier molecular flexibility index (Phi) is 7.09. The van der Waals surface area contributed by atoms with Crippen LogP contribution >= 0.6 is 0 Å². The van der Waals surface area contributed by atoms with E-state index >= 15 is 0 Å². The number of nitrogens with one attached hydrogen (secondary N) is 1. The molecule has 1 aliphatic rings. The summed E-state index contributed by atoms with van der Waals surface area (Å²) in [5.74, 6) is 0.814. The first kappa shape index (κ1) is 14.9. The zero-order valence-corrected chi connectivity index (χ0v) is 12.0. The summed E-state index contributed by atoms with van der Waals surface area (Å²) in [6, 6.07) is 1.31. The van der Waals surface area contributed by atoms with Crippen molar-refractivity contribution in [2.75, 3.05) is 33.4 Å². The quantitative estimate of drug-likeness (QED) is 0.740. The number of nitrogens with zero attached hydrogens (tertiary/aromatic N) is 1. The third-order valence-electron chi connectivity index (χ3n) is 4.09. The highest BCUT2D eigenvalue weighted by Crippen LogP contribution is 2.22. The van der Waals surface area contributed by atoms with Crippen LogP contribution in [0.3, 0.4) is 0 Å². The van der Waals surface area contributed by atoms with Gasteiger partial charge in [-0.1, -0.05) is 6.92 Å². The van der Waals surface area contributed by atoms with E-state index in [1.807, 2.05) is 0 Å². The first-order valence-electron chi connectivity index (χ1n) is 7.15. The Morgan fingerprint density at radius 3 is 2.82 bits per heavy atom. The molecule has 0 radical (unpaired) electrons. The van der Waals surface area contributed by atoms with Crippen molar-refractivity contribution in [2.24, 2.45) is 5.92 Å². The summed E-state index contributed by atoms with van der Waals surface area (Å²) in [5.41, 5.74) is 0. The summed E-state index contributed by atoms with van der Waals surface area (Å²) in [6.45, 7) is 11.3. The molecule has 0 saturated carbocycles. The lowest BCUT2D eigenvalue weighted by Crippen LogP contribution is -2.47. The van der Waals surface area contributed by atoms with Gasteiger partial charge in [-0.05, 0) is 52.1 Å². The molecule has 3 nitrogen and oxygen atoms in total. The smallest absolute Gasteiger partial charge is 0.0477 e. The summed E-state index contributed by atoms with van der Waals surface area (Å²) < 4.78 is 5.18. The number of likely N-dealkylation sites (tertiary alicyclic amines) is 1. The molecule has 3 unspecified atom stereocenters. The van der Waals surface area contributed by atoms with Gasteiger partial charge in [0.05, 0.1) is 0 Å². The standard InChI is InChI=1S/C14H30N2O/c1-5-15-13(3)14-7-6-9-16(11-14)12(2)8-10-17-4/h12-15H,5-11H2,1-4H3. The number of methoxy groups -OCH3 is 1. The molecule has 1 rings (SSSR count). The Bertz CT molecular complexity index is 199. The second-order valence-electron chi connectivity index (χ2n) is 5.37. The zero-order chi connectivity index (χ0) is 12.7. The van der Waals surface area contributed by atoms with Crippen LogP contribution in [0.5, 0.6) is 0 Å². The van der Waals surface area contributed by atoms with Gasteiger partial charge in [0.25, 0.3) is 0 Å². The molecule has 17 heavy (non-hydrogen) atoms. The van der Waals surface area contributed by atoms with Gasteiger partial charge in [-0.15, -0.1) is 0 Å². The van der Waals surface area contributed by atoms with Crippen LogP contribution in [0.4, 0.5) is 0 Å². The molecule has 102 valence electrons. The van der Waals surface area contributed by atoms with Gasteiger partial charge >= 0.3 is 0 Å². The van der Waals surface area contributed by atoms with Gasteiger partial charge in [-0.25, -0.2) is 0 Å². The van der Waals surface area contributed by atoms with Crippen molar-refractivity contribution >= 4 is 0 Å². The molecular formula is C14H30N2O. The van der Waals surface area contributed by atoms with Gasteiger partial charge in [-0.3, -0.25) is 0 Å². The topological polar surface area (TPSA) is 24.5 Å². The van der Waals surface area contributed by atoms with E-state index in [1.54, 1.807) is 7.11 Å². The molecule has 1 heterocycles. The predicted octanol–water partition coefficient (Wildman–Crippen LogP) is 2.12. The first-order valence-corrected chi connectivity index (χ1v) is 7.15.